The van der Waals surface area contributed by atoms with Gasteiger partial charge in [0.2, 0.25) is 5.88 Å². The topological polar surface area (TPSA) is 119 Å². The number of ether oxygens (including phenoxy) is 1. The molecule has 1 saturated heterocycles. The highest BCUT2D eigenvalue weighted by molar-refractivity contribution is 7.15. The summed E-state index contributed by atoms with van der Waals surface area (Å²) in [6.45, 7) is 3.45. The molecule has 196 valence electrons. The van der Waals surface area contributed by atoms with Crippen LogP contribution in [-0.2, 0) is 6.54 Å². The molecule has 0 spiro atoms. The smallest absolute Gasteiger partial charge is 0.270 e. The quantitative estimate of drug-likeness (QED) is 0.383. The number of hydrogen-bond acceptors (Lipinski definition) is 8. The predicted molar refractivity (Wildman–Crippen MR) is 139 cm³/mol. The third kappa shape index (κ3) is 6.16. The Morgan fingerprint density at radius 3 is 2.57 bits per heavy atom. The van der Waals surface area contributed by atoms with Crippen LogP contribution in [0.4, 0.5) is 20.2 Å². The maximum absolute atomic E-state index is 14.1. The molecule has 2 fully saturated rings. The fourth-order valence-electron chi connectivity index (χ4n) is 4.35. The van der Waals surface area contributed by atoms with E-state index in [2.05, 4.69) is 20.2 Å². The molecule has 2 aliphatic rings. The van der Waals surface area contributed by atoms with Gasteiger partial charge in [0.1, 0.15) is 28.0 Å². The molecule has 8 nitrogen and oxygen atoms in total. The summed E-state index contributed by atoms with van der Waals surface area (Å²) < 4.78 is 33.8. The lowest BCUT2D eigenvalue weighted by Crippen LogP contribution is -2.38. The van der Waals surface area contributed by atoms with Crippen molar-refractivity contribution in [3.63, 3.8) is 0 Å². The number of piperidine rings is 1. The number of hydrogen-bond donors (Lipinski definition) is 3. The SMILES string of the molecule is Nc1cc(C(=O)NCC2CCN(Cc3cnc(-c4c(F)cccc4F)s3)CC2)nc(OCC2CC2)c1N. The largest absolute Gasteiger partial charge is 0.476 e. The second kappa shape index (κ2) is 11.0. The minimum atomic E-state index is -0.609. The number of anilines is 2. The minimum absolute atomic E-state index is 0.0767. The number of carbonyl (C=O) groups excluding carboxylic acids is 1. The van der Waals surface area contributed by atoms with Crippen LogP contribution in [0.15, 0.2) is 30.5 Å². The molecule has 1 aliphatic heterocycles. The molecule has 3 aromatic rings. The summed E-state index contributed by atoms with van der Waals surface area (Å²) in [5.74, 6) is -0.442. The number of halogens is 2. The van der Waals surface area contributed by atoms with Gasteiger partial charge in [-0.05, 0) is 68.8 Å². The van der Waals surface area contributed by atoms with Crippen LogP contribution in [-0.4, -0.2) is 47.0 Å². The average Bonchev–Trinajstić information content (AvgIpc) is 3.61. The molecule has 0 atom stereocenters. The summed E-state index contributed by atoms with van der Waals surface area (Å²) in [4.78, 5) is 24.5. The lowest BCUT2D eigenvalue weighted by Gasteiger charge is -2.31. The van der Waals surface area contributed by atoms with Crippen molar-refractivity contribution in [3.8, 4) is 16.5 Å². The fourth-order valence-corrected chi connectivity index (χ4v) is 5.36. The van der Waals surface area contributed by atoms with E-state index in [1.54, 1.807) is 6.20 Å². The average molecular weight is 529 g/mol. The predicted octanol–water partition coefficient (Wildman–Crippen LogP) is 4.08. The first kappa shape index (κ1) is 25.3. The Balaban J connectivity index is 1.10. The molecule has 1 aromatic carbocycles. The fraction of sp³-hybridized carbons (Fsp3) is 0.423. The van der Waals surface area contributed by atoms with Crippen molar-refractivity contribution in [1.82, 2.24) is 20.2 Å². The van der Waals surface area contributed by atoms with Crippen molar-refractivity contribution in [3.05, 3.63) is 52.7 Å². The molecular weight excluding hydrogens is 498 g/mol. The van der Waals surface area contributed by atoms with Crippen molar-refractivity contribution in [2.24, 2.45) is 11.8 Å². The first-order chi connectivity index (χ1) is 17.9. The van der Waals surface area contributed by atoms with Crippen LogP contribution < -0.4 is 21.5 Å². The lowest BCUT2D eigenvalue weighted by atomic mass is 9.96. The van der Waals surface area contributed by atoms with E-state index in [0.29, 0.717) is 36.5 Å². The molecule has 5 N–H and O–H groups in total. The number of thiazole rings is 1. The van der Waals surface area contributed by atoms with Crippen molar-refractivity contribution in [2.75, 3.05) is 37.7 Å². The highest BCUT2D eigenvalue weighted by Gasteiger charge is 2.25. The van der Waals surface area contributed by atoms with Gasteiger partial charge in [-0.25, -0.2) is 18.7 Å². The van der Waals surface area contributed by atoms with Gasteiger partial charge in [0, 0.05) is 24.2 Å². The van der Waals surface area contributed by atoms with E-state index in [0.717, 1.165) is 43.6 Å². The molecule has 1 aliphatic carbocycles. The van der Waals surface area contributed by atoms with Crippen molar-refractivity contribution in [2.45, 2.75) is 32.2 Å². The van der Waals surface area contributed by atoms with Crippen LogP contribution in [0, 0.1) is 23.5 Å². The van der Waals surface area contributed by atoms with E-state index >= 15 is 0 Å². The standard InChI is InChI=1S/C26H30F2N6O2S/c27-18-2-1-3-19(28)22(18)26-32-12-17(37-26)13-34-8-6-15(7-9-34)11-31-24(35)21-10-20(29)23(30)25(33-21)36-14-16-4-5-16/h1-3,10,12,15-16H,4-9,11,13-14,30H2,(H2,29,33)(H,31,35). The van der Waals surface area contributed by atoms with Crippen molar-refractivity contribution in [1.29, 1.82) is 0 Å². The Bertz CT molecular complexity index is 1250. The number of aromatic nitrogens is 2. The zero-order chi connectivity index (χ0) is 25.9. The molecule has 3 heterocycles. The van der Waals surface area contributed by atoms with Crippen LogP contribution in [0.2, 0.25) is 0 Å². The zero-order valence-electron chi connectivity index (χ0n) is 20.4. The van der Waals surface area contributed by atoms with Crippen LogP contribution in [0.3, 0.4) is 0 Å². The van der Waals surface area contributed by atoms with Gasteiger partial charge in [0.25, 0.3) is 5.91 Å². The normalized spacial score (nSPS) is 16.6. The summed E-state index contributed by atoms with van der Waals surface area (Å²) in [5.41, 5.74) is 12.6. The van der Waals surface area contributed by atoms with E-state index in [1.165, 1.54) is 35.6 Å². The number of nitrogens with two attached hydrogens (primary N) is 2. The van der Waals surface area contributed by atoms with Crippen LogP contribution >= 0.6 is 11.3 Å². The van der Waals surface area contributed by atoms with Crippen LogP contribution in [0.25, 0.3) is 10.6 Å². The van der Waals surface area contributed by atoms with Gasteiger partial charge in [-0.2, -0.15) is 0 Å². The Hall–Kier alpha value is -3.31. The van der Waals surface area contributed by atoms with E-state index in [-0.39, 0.29) is 34.4 Å². The van der Waals surface area contributed by atoms with Gasteiger partial charge in [-0.3, -0.25) is 9.69 Å². The molecule has 2 aromatic heterocycles. The maximum Gasteiger partial charge on any atom is 0.270 e. The summed E-state index contributed by atoms with van der Waals surface area (Å²) in [6.07, 6.45) is 5.79. The molecule has 0 unspecified atom stereocenters. The number of rotatable bonds is 9. The number of pyridine rings is 1. The molecular formula is C26H30F2N6O2S. The molecule has 5 rings (SSSR count). The molecule has 1 amide bonds. The first-order valence-corrected chi connectivity index (χ1v) is 13.3. The van der Waals surface area contributed by atoms with Crippen molar-refractivity contribution < 1.29 is 18.3 Å². The zero-order valence-corrected chi connectivity index (χ0v) is 21.2. The molecule has 0 radical (unpaired) electrons. The van der Waals surface area contributed by atoms with Crippen LogP contribution in [0.5, 0.6) is 5.88 Å². The maximum atomic E-state index is 14.1. The van der Waals surface area contributed by atoms with E-state index in [4.69, 9.17) is 16.2 Å². The first-order valence-electron chi connectivity index (χ1n) is 12.5. The number of nitrogen functional groups attached to an aromatic ring is 2. The Morgan fingerprint density at radius 2 is 1.86 bits per heavy atom. The Kier molecular flexibility index (Phi) is 7.52. The van der Waals surface area contributed by atoms with Crippen molar-refractivity contribution >= 4 is 28.6 Å². The van der Waals surface area contributed by atoms with Gasteiger partial charge in [0.15, 0.2) is 0 Å². The van der Waals surface area contributed by atoms with Gasteiger partial charge in [-0.15, -0.1) is 11.3 Å². The highest BCUT2D eigenvalue weighted by atomic mass is 32.1. The molecule has 37 heavy (non-hydrogen) atoms. The van der Waals surface area contributed by atoms with E-state index in [9.17, 15) is 13.6 Å². The summed E-state index contributed by atoms with van der Waals surface area (Å²) >= 11 is 1.31. The van der Waals surface area contributed by atoms with Crippen LogP contribution in [0.1, 0.15) is 41.0 Å². The molecule has 1 saturated carbocycles. The third-order valence-corrected chi connectivity index (χ3v) is 7.81. The summed E-state index contributed by atoms with van der Waals surface area (Å²) in [5, 5.41) is 3.31. The Morgan fingerprint density at radius 1 is 1.14 bits per heavy atom. The lowest BCUT2D eigenvalue weighted by molar-refractivity contribution is 0.0929. The van der Waals surface area contributed by atoms with E-state index < -0.39 is 11.6 Å². The Labute approximate surface area is 218 Å². The number of likely N-dealkylation sites (tertiary alicyclic amines) is 1. The molecule has 0 bridgehead atoms. The highest BCUT2D eigenvalue weighted by Crippen LogP contribution is 2.33. The number of benzene rings is 1. The number of nitrogens with zero attached hydrogens (tertiary/aromatic N) is 3. The summed E-state index contributed by atoms with van der Waals surface area (Å²) in [7, 11) is 0. The van der Waals surface area contributed by atoms with Gasteiger partial charge in [-0.1, -0.05) is 6.07 Å². The second-order valence-corrected chi connectivity index (χ2v) is 10.8. The minimum Gasteiger partial charge on any atom is -0.476 e. The number of amides is 1. The number of nitrogens with one attached hydrogen (secondary N) is 1. The van der Waals surface area contributed by atoms with Gasteiger partial charge in [0.05, 0.1) is 17.9 Å². The monoisotopic (exact) mass is 528 g/mol. The van der Waals surface area contributed by atoms with Gasteiger partial charge >= 0.3 is 0 Å². The molecule has 11 heteroatoms. The summed E-state index contributed by atoms with van der Waals surface area (Å²) in [6, 6.07) is 5.30. The van der Waals surface area contributed by atoms with Gasteiger partial charge < -0.3 is 21.5 Å². The second-order valence-electron chi connectivity index (χ2n) is 9.73. The van der Waals surface area contributed by atoms with E-state index in [1.807, 2.05) is 0 Å². The number of carbonyl (C=O) groups is 1. The third-order valence-electron chi connectivity index (χ3n) is 6.81.